The van der Waals surface area contributed by atoms with Gasteiger partial charge in [-0.3, -0.25) is 0 Å². The minimum Gasteiger partial charge on any atom is -0.405 e. The lowest BCUT2D eigenvalue weighted by Crippen LogP contribution is -2.18. The van der Waals surface area contributed by atoms with Gasteiger partial charge in [0.05, 0.1) is 0 Å². The Morgan fingerprint density at radius 2 is 1.80 bits per heavy atom. The number of benzene rings is 1. The number of ether oxygens (including phenoxy) is 1. The fourth-order valence-electron chi connectivity index (χ4n) is 1.25. The van der Waals surface area contributed by atoms with Gasteiger partial charge >= 0.3 is 6.36 Å². The third-order valence-electron chi connectivity index (χ3n) is 1.90. The van der Waals surface area contributed by atoms with Gasteiger partial charge in [0.25, 0.3) is 0 Å². The van der Waals surface area contributed by atoms with Crippen molar-refractivity contribution in [3.05, 3.63) is 35.2 Å². The van der Waals surface area contributed by atoms with Crippen molar-refractivity contribution >= 4 is 0 Å². The van der Waals surface area contributed by atoms with Crippen molar-refractivity contribution in [1.82, 2.24) is 0 Å². The van der Waals surface area contributed by atoms with Crippen LogP contribution >= 0.6 is 0 Å². The van der Waals surface area contributed by atoms with E-state index in [0.717, 1.165) is 11.5 Å². The summed E-state index contributed by atoms with van der Waals surface area (Å²) in [5.74, 6) is 0.644. The zero-order valence-corrected chi connectivity index (χ0v) is 8.77. The third-order valence-corrected chi connectivity index (χ3v) is 1.90. The predicted molar refractivity (Wildman–Crippen MR) is 51.6 cm³/mol. The molecule has 0 heterocycles. The van der Waals surface area contributed by atoms with Crippen LogP contribution in [0.2, 0.25) is 0 Å². The Labute approximate surface area is 86.9 Å². The fourth-order valence-corrected chi connectivity index (χ4v) is 1.25. The number of hydrogen-bond donors (Lipinski definition) is 0. The third kappa shape index (κ3) is 3.46. The molecule has 0 unspecified atom stereocenters. The maximum absolute atomic E-state index is 12.1. The summed E-state index contributed by atoms with van der Waals surface area (Å²) in [6, 6.07) is 4.61. The summed E-state index contributed by atoms with van der Waals surface area (Å²) in [4.78, 5) is 0. The summed E-state index contributed by atoms with van der Waals surface area (Å²) in [6.45, 7) is 5.32. The van der Waals surface area contributed by atoms with Crippen LogP contribution in [0.3, 0.4) is 0 Å². The van der Waals surface area contributed by atoms with Gasteiger partial charge in [-0.25, -0.2) is 0 Å². The summed E-state index contributed by atoms with van der Waals surface area (Å²) >= 11 is 0. The molecule has 0 aliphatic rings. The van der Waals surface area contributed by atoms with Gasteiger partial charge in [0, 0.05) is 11.5 Å². The molecule has 0 spiro atoms. The van der Waals surface area contributed by atoms with Gasteiger partial charge in [-0.2, -0.15) is 0 Å². The minimum absolute atomic E-state index is 0.145. The maximum Gasteiger partial charge on any atom is 0.573 e. The molecule has 1 radical (unpaired) electrons. The van der Waals surface area contributed by atoms with E-state index in [1.54, 1.807) is 26.0 Å². The molecule has 0 bridgehead atoms. The van der Waals surface area contributed by atoms with Crippen LogP contribution in [0.25, 0.3) is 0 Å². The van der Waals surface area contributed by atoms with Gasteiger partial charge in [-0.15, -0.1) is 13.2 Å². The Morgan fingerprint density at radius 1 is 1.20 bits per heavy atom. The first-order valence-electron chi connectivity index (χ1n) is 4.46. The topological polar surface area (TPSA) is 9.23 Å². The second-order valence-corrected chi connectivity index (χ2v) is 3.55. The molecule has 1 rings (SSSR count). The molecule has 4 heteroatoms. The van der Waals surface area contributed by atoms with Crippen molar-refractivity contribution in [3.8, 4) is 5.75 Å². The Bertz CT molecular complexity index is 342. The summed E-state index contributed by atoms with van der Waals surface area (Å²) in [6.07, 6.45) is -4.64. The normalized spacial score (nSPS) is 11.9. The summed E-state index contributed by atoms with van der Waals surface area (Å²) in [5.41, 5.74) is 1.40. The van der Waals surface area contributed by atoms with Gasteiger partial charge in [0.1, 0.15) is 5.75 Å². The minimum atomic E-state index is -4.64. The van der Waals surface area contributed by atoms with Crippen molar-refractivity contribution in [2.75, 3.05) is 0 Å². The monoisotopic (exact) mass is 217 g/mol. The van der Waals surface area contributed by atoms with Crippen LogP contribution in [-0.2, 0) is 0 Å². The zero-order valence-electron chi connectivity index (χ0n) is 8.77. The molecule has 0 aliphatic heterocycles. The first kappa shape index (κ1) is 11.9. The molecule has 0 saturated carbocycles. The van der Waals surface area contributed by atoms with Gasteiger partial charge < -0.3 is 4.74 Å². The van der Waals surface area contributed by atoms with Gasteiger partial charge in [0.2, 0.25) is 0 Å². The van der Waals surface area contributed by atoms with Crippen LogP contribution in [0.1, 0.15) is 25.0 Å². The van der Waals surface area contributed by atoms with Crippen molar-refractivity contribution in [1.29, 1.82) is 0 Å². The standard InChI is InChI=1S/C11H12F3O/c1-7(2)9-6-8(3)4-5-10(9)15-11(12,13)14/h4-6H,1-3H3. The number of hydrogen-bond acceptors (Lipinski definition) is 1. The van der Waals surface area contributed by atoms with E-state index in [2.05, 4.69) is 4.74 Å². The molecule has 0 N–H and O–H groups in total. The fraction of sp³-hybridized carbons (Fsp3) is 0.364. The second kappa shape index (κ2) is 4.13. The number of aryl methyl sites for hydroxylation is 1. The van der Waals surface area contributed by atoms with Crippen molar-refractivity contribution in [2.45, 2.75) is 27.1 Å². The molecule has 0 saturated heterocycles. The Hall–Kier alpha value is -1.19. The van der Waals surface area contributed by atoms with Crippen molar-refractivity contribution < 1.29 is 17.9 Å². The zero-order chi connectivity index (χ0) is 11.6. The molecule has 83 valence electrons. The summed E-state index contributed by atoms with van der Waals surface area (Å²) < 4.78 is 40.1. The van der Waals surface area contributed by atoms with E-state index in [-0.39, 0.29) is 5.75 Å². The lowest BCUT2D eigenvalue weighted by atomic mass is 10.0. The maximum atomic E-state index is 12.1. The van der Waals surface area contributed by atoms with Crippen molar-refractivity contribution in [2.24, 2.45) is 0 Å². The Morgan fingerprint density at radius 3 is 2.27 bits per heavy atom. The number of halogens is 3. The lowest BCUT2D eigenvalue weighted by Gasteiger charge is -2.15. The van der Waals surface area contributed by atoms with Crippen LogP contribution < -0.4 is 4.74 Å². The molecule has 0 aromatic heterocycles. The van der Waals surface area contributed by atoms with E-state index in [4.69, 9.17) is 0 Å². The van der Waals surface area contributed by atoms with Crippen LogP contribution in [0, 0.1) is 12.8 Å². The number of rotatable bonds is 2. The molecule has 1 aromatic rings. The van der Waals surface area contributed by atoms with Gasteiger partial charge in [-0.05, 0) is 13.0 Å². The highest BCUT2D eigenvalue weighted by Gasteiger charge is 2.32. The highest BCUT2D eigenvalue weighted by atomic mass is 19.4. The van der Waals surface area contributed by atoms with Crippen LogP contribution in [0.4, 0.5) is 13.2 Å². The quantitative estimate of drug-likeness (QED) is 0.731. The first-order valence-corrected chi connectivity index (χ1v) is 4.46. The highest BCUT2D eigenvalue weighted by molar-refractivity contribution is 5.44. The molecule has 0 aliphatic carbocycles. The van der Waals surface area contributed by atoms with E-state index in [1.807, 2.05) is 6.92 Å². The molecule has 1 aromatic carbocycles. The van der Waals surface area contributed by atoms with Gasteiger partial charge in [0.15, 0.2) is 0 Å². The second-order valence-electron chi connectivity index (χ2n) is 3.55. The molecule has 15 heavy (non-hydrogen) atoms. The highest BCUT2D eigenvalue weighted by Crippen LogP contribution is 2.31. The largest absolute Gasteiger partial charge is 0.573 e. The van der Waals surface area contributed by atoms with E-state index in [9.17, 15) is 13.2 Å². The molecule has 0 atom stereocenters. The van der Waals surface area contributed by atoms with E-state index in [0.29, 0.717) is 5.56 Å². The smallest absolute Gasteiger partial charge is 0.405 e. The molecular weight excluding hydrogens is 205 g/mol. The lowest BCUT2D eigenvalue weighted by molar-refractivity contribution is -0.274. The SMILES string of the molecule is C[C](C)c1cc(C)ccc1OC(F)(F)F. The van der Waals surface area contributed by atoms with Gasteiger partial charge in [-0.1, -0.05) is 31.5 Å². The molecule has 0 fully saturated rings. The van der Waals surface area contributed by atoms with Crippen LogP contribution in [-0.4, -0.2) is 6.36 Å². The Kier molecular flexibility index (Phi) is 3.27. The van der Waals surface area contributed by atoms with E-state index >= 15 is 0 Å². The average Bonchev–Trinajstić information content (AvgIpc) is 2.05. The predicted octanol–water partition coefficient (Wildman–Crippen LogP) is 3.86. The molecule has 0 amide bonds. The van der Waals surface area contributed by atoms with Crippen LogP contribution in [0.5, 0.6) is 5.75 Å². The Balaban J connectivity index is 3.06. The van der Waals surface area contributed by atoms with E-state index < -0.39 is 6.36 Å². The van der Waals surface area contributed by atoms with Crippen molar-refractivity contribution in [3.63, 3.8) is 0 Å². The number of alkyl halides is 3. The summed E-state index contributed by atoms with van der Waals surface area (Å²) in [5, 5.41) is 0. The summed E-state index contributed by atoms with van der Waals surface area (Å²) in [7, 11) is 0. The van der Waals surface area contributed by atoms with E-state index in [1.165, 1.54) is 6.07 Å². The molecule has 1 nitrogen and oxygen atoms in total. The first-order chi connectivity index (χ1) is 6.79. The average molecular weight is 217 g/mol. The molecular formula is C11H12F3O. The van der Waals surface area contributed by atoms with Crippen LogP contribution in [0.15, 0.2) is 18.2 Å².